The first kappa shape index (κ1) is 85.1. The second-order valence-corrected chi connectivity index (χ2v) is 28.4. The second kappa shape index (κ2) is 60.3. The third kappa shape index (κ3) is 62.6. The van der Waals surface area contributed by atoms with Crippen LogP contribution in [0.25, 0.3) is 0 Å². The van der Waals surface area contributed by atoms with Gasteiger partial charge in [-0.3, -0.25) is 37.3 Å². The molecule has 0 saturated carbocycles. The largest absolute Gasteiger partial charge is 0.472 e. The van der Waals surface area contributed by atoms with Crippen LogP contribution < -0.4 is 0 Å². The van der Waals surface area contributed by atoms with Gasteiger partial charge >= 0.3 is 39.5 Å². The van der Waals surface area contributed by atoms with Crippen LogP contribution in [0.4, 0.5) is 0 Å². The highest BCUT2D eigenvalue weighted by Gasteiger charge is 2.30. The van der Waals surface area contributed by atoms with Gasteiger partial charge < -0.3 is 33.8 Å². The fraction of sp³-hybridized carbons (Fsp3) is 0.941. The number of aliphatic hydroxyl groups is 1. The number of esters is 4. The molecule has 5 atom stereocenters. The number of ether oxygens (including phenoxy) is 4. The van der Waals surface area contributed by atoms with E-state index in [1.807, 2.05) is 0 Å². The Labute approximate surface area is 530 Å². The number of carbonyl (C=O) groups is 4. The number of carbonyl (C=O) groups excluding carboxylic acids is 4. The molecular formula is C68H132O17P2. The Bertz CT molecular complexity index is 1700. The maximum absolute atomic E-state index is 13.0. The van der Waals surface area contributed by atoms with Crippen molar-refractivity contribution in [2.75, 3.05) is 39.6 Å². The van der Waals surface area contributed by atoms with Crippen LogP contribution in [0.2, 0.25) is 0 Å². The summed E-state index contributed by atoms with van der Waals surface area (Å²) in [6, 6.07) is 0. The molecule has 0 aliphatic rings. The quantitative estimate of drug-likeness (QED) is 0.0222. The summed E-state index contributed by atoms with van der Waals surface area (Å²) in [6.07, 6.45) is 44.6. The standard InChI is InChI=1S/C68H132O17P2/c1-7-9-11-13-15-17-19-21-22-23-24-26-28-32-40-46-52-67(72)84-63(56-78-65(70)50-44-38-31-27-25-20-18-16-14-12-10-8-2)58-82-86(74,75)80-54-62(69)55-81-87(76,77)83-59-64(57-79-66(71)51-45-39-35-34-37-43-49-61(5)6)85-68(73)53-47-41-33-29-30-36-42-48-60(3)4/h60-64,69H,7-59H2,1-6H3,(H,74,75)(H,76,77)/t62-,63-,64-/m1/s1. The zero-order valence-corrected chi connectivity index (χ0v) is 58.1. The summed E-state index contributed by atoms with van der Waals surface area (Å²) in [6.45, 7) is 9.39. The molecule has 516 valence electrons. The third-order valence-electron chi connectivity index (χ3n) is 15.7. The van der Waals surface area contributed by atoms with Crippen LogP contribution in [-0.4, -0.2) is 96.7 Å². The van der Waals surface area contributed by atoms with E-state index in [9.17, 15) is 43.2 Å². The molecule has 0 saturated heterocycles. The van der Waals surface area contributed by atoms with Crippen LogP contribution >= 0.6 is 15.6 Å². The number of phosphoric acid groups is 2. The molecule has 0 heterocycles. The molecule has 2 unspecified atom stereocenters. The number of hydrogen-bond donors (Lipinski definition) is 3. The van der Waals surface area contributed by atoms with Gasteiger partial charge in [-0.1, -0.05) is 292 Å². The molecule has 0 rings (SSSR count). The molecule has 0 radical (unpaired) electrons. The van der Waals surface area contributed by atoms with Gasteiger partial charge in [0.15, 0.2) is 12.2 Å². The SMILES string of the molecule is CCCCCCCCCCCCCCCCCCC(=O)O[C@H](COC(=O)CCCCCCCCCCCCCC)COP(=O)(O)OC[C@@H](O)COP(=O)(O)OC[C@@H](COC(=O)CCCCCCCCC(C)C)OC(=O)CCCCCCCCCC(C)C. The van der Waals surface area contributed by atoms with Crippen LogP contribution in [0.5, 0.6) is 0 Å². The van der Waals surface area contributed by atoms with Crippen molar-refractivity contribution in [3.05, 3.63) is 0 Å². The van der Waals surface area contributed by atoms with E-state index in [-0.39, 0.29) is 25.7 Å². The van der Waals surface area contributed by atoms with E-state index in [1.54, 1.807) is 0 Å². The molecule has 0 aliphatic carbocycles. The first-order valence-corrected chi connectivity index (χ1v) is 38.5. The van der Waals surface area contributed by atoms with Crippen molar-refractivity contribution in [2.45, 2.75) is 362 Å². The van der Waals surface area contributed by atoms with Crippen LogP contribution in [0.15, 0.2) is 0 Å². The number of aliphatic hydroxyl groups excluding tert-OH is 1. The molecule has 0 fully saturated rings. The Morgan fingerprint density at radius 1 is 0.310 bits per heavy atom. The zero-order chi connectivity index (χ0) is 64.3. The van der Waals surface area contributed by atoms with Gasteiger partial charge in [-0.2, -0.15) is 0 Å². The minimum Gasteiger partial charge on any atom is -0.462 e. The number of rotatable bonds is 67. The lowest BCUT2D eigenvalue weighted by Gasteiger charge is -2.21. The van der Waals surface area contributed by atoms with Crippen molar-refractivity contribution < 1.29 is 80.2 Å². The van der Waals surface area contributed by atoms with Crippen LogP contribution in [0, 0.1) is 11.8 Å². The first-order valence-electron chi connectivity index (χ1n) is 35.5. The molecular weight excluding hydrogens is 1150 g/mol. The monoisotopic (exact) mass is 1280 g/mol. The van der Waals surface area contributed by atoms with Gasteiger partial charge in [0, 0.05) is 25.7 Å². The smallest absolute Gasteiger partial charge is 0.462 e. The Hall–Kier alpha value is -1.94. The summed E-state index contributed by atoms with van der Waals surface area (Å²) < 4.78 is 68.1. The molecule has 3 N–H and O–H groups in total. The average Bonchev–Trinajstić information content (AvgIpc) is 3.70. The fourth-order valence-corrected chi connectivity index (χ4v) is 11.8. The van der Waals surface area contributed by atoms with Crippen molar-refractivity contribution in [3.8, 4) is 0 Å². The topological polar surface area (TPSA) is 237 Å². The minimum absolute atomic E-state index is 0.102. The minimum atomic E-state index is -4.95. The van der Waals surface area contributed by atoms with Gasteiger partial charge in [0.1, 0.15) is 19.3 Å². The Balaban J connectivity index is 5.23. The maximum Gasteiger partial charge on any atom is 0.472 e. The van der Waals surface area contributed by atoms with Crippen molar-refractivity contribution >= 4 is 39.5 Å². The summed E-state index contributed by atoms with van der Waals surface area (Å²) in [5, 5.41) is 10.6. The average molecular weight is 1280 g/mol. The van der Waals surface area contributed by atoms with Crippen LogP contribution in [0.1, 0.15) is 343 Å². The zero-order valence-electron chi connectivity index (χ0n) is 56.3. The lowest BCUT2D eigenvalue weighted by Crippen LogP contribution is -2.30. The second-order valence-electron chi connectivity index (χ2n) is 25.5. The van der Waals surface area contributed by atoms with E-state index in [0.29, 0.717) is 37.5 Å². The van der Waals surface area contributed by atoms with Gasteiger partial charge in [0.2, 0.25) is 0 Å². The van der Waals surface area contributed by atoms with Crippen molar-refractivity contribution in [2.24, 2.45) is 11.8 Å². The van der Waals surface area contributed by atoms with E-state index in [4.69, 9.17) is 37.0 Å². The number of phosphoric ester groups is 2. The fourth-order valence-electron chi connectivity index (χ4n) is 10.2. The van der Waals surface area contributed by atoms with Gasteiger partial charge in [-0.15, -0.1) is 0 Å². The maximum atomic E-state index is 13.0. The number of hydrogen-bond acceptors (Lipinski definition) is 15. The van der Waals surface area contributed by atoms with E-state index >= 15 is 0 Å². The van der Waals surface area contributed by atoms with Crippen LogP contribution in [0.3, 0.4) is 0 Å². The van der Waals surface area contributed by atoms with Gasteiger partial charge in [-0.05, 0) is 37.5 Å². The van der Waals surface area contributed by atoms with E-state index in [1.165, 1.54) is 154 Å². The summed E-state index contributed by atoms with van der Waals surface area (Å²) >= 11 is 0. The molecule has 17 nitrogen and oxygen atoms in total. The molecule has 0 aromatic heterocycles. The third-order valence-corrected chi connectivity index (χ3v) is 17.6. The van der Waals surface area contributed by atoms with Crippen molar-refractivity contribution in [1.82, 2.24) is 0 Å². The summed E-state index contributed by atoms with van der Waals surface area (Å²) in [4.78, 5) is 72.4. The molecule has 0 amide bonds. The Morgan fingerprint density at radius 3 is 0.782 bits per heavy atom. The predicted octanol–water partition coefficient (Wildman–Crippen LogP) is 19.2. The summed E-state index contributed by atoms with van der Waals surface area (Å²) in [7, 11) is -9.89. The van der Waals surface area contributed by atoms with Gasteiger partial charge in [0.25, 0.3) is 0 Å². The van der Waals surface area contributed by atoms with E-state index in [2.05, 4.69) is 41.5 Å². The van der Waals surface area contributed by atoms with Crippen molar-refractivity contribution in [3.63, 3.8) is 0 Å². The Kier molecular flexibility index (Phi) is 59.0. The molecule has 0 aromatic rings. The van der Waals surface area contributed by atoms with E-state index < -0.39 is 97.5 Å². The van der Waals surface area contributed by atoms with E-state index in [0.717, 1.165) is 96.3 Å². The van der Waals surface area contributed by atoms with Gasteiger partial charge in [0.05, 0.1) is 26.4 Å². The normalized spacial score (nSPS) is 14.2. The van der Waals surface area contributed by atoms with Gasteiger partial charge in [-0.25, -0.2) is 9.13 Å². The highest BCUT2D eigenvalue weighted by atomic mass is 31.2. The molecule has 0 aromatic carbocycles. The highest BCUT2D eigenvalue weighted by molar-refractivity contribution is 7.47. The highest BCUT2D eigenvalue weighted by Crippen LogP contribution is 2.45. The Morgan fingerprint density at radius 2 is 0.529 bits per heavy atom. The van der Waals surface area contributed by atoms with Crippen LogP contribution in [-0.2, 0) is 65.4 Å². The summed E-state index contributed by atoms with van der Waals surface area (Å²) in [5.41, 5.74) is 0. The molecule has 87 heavy (non-hydrogen) atoms. The first-order chi connectivity index (χ1) is 41.9. The molecule has 0 spiro atoms. The summed E-state index contributed by atoms with van der Waals surface area (Å²) in [5.74, 6) is -0.755. The predicted molar refractivity (Wildman–Crippen MR) is 349 cm³/mol. The molecule has 0 bridgehead atoms. The molecule has 0 aliphatic heterocycles. The molecule has 19 heteroatoms. The number of unbranched alkanes of at least 4 members (excludes halogenated alkanes) is 37. The lowest BCUT2D eigenvalue weighted by molar-refractivity contribution is -0.161. The van der Waals surface area contributed by atoms with Crippen molar-refractivity contribution in [1.29, 1.82) is 0 Å². The lowest BCUT2D eigenvalue weighted by atomic mass is 10.0.